The van der Waals surface area contributed by atoms with Crippen LogP contribution >= 0.6 is 0 Å². The van der Waals surface area contributed by atoms with Crippen LogP contribution in [0.15, 0.2) is 22.1 Å². The van der Waals surface area contributed by atoms with Gasteiger partial charge >= 0.3 is 6.03 Å². The van der Waals surface area contributed by atoms with Crippen LogP contribution in [0, 0.1) is 0 Å². The van der Waals surface area contributed by atoms with Gasteiger partial charge in [0.05, 0.1) is 0 Å². The summed E-state index contributed by atoms with van der Waals surface area (Å²) < 4.78 is 5.74. The van der Waals surface area contributed by atoms with Crippen LogP contribution in [-0.4, -0.2) is 54.8 Å². The van der Waals surface area contributed by atoms with Crippen molar-refractivity contribution in [2.45, 2.75) is 19.3 Å². The highest BCUT2D eigenvalue weighted by Crippen LogP contribution is 2.25. The van der Waals surface area contributed by atoms with E-state index in [9.17, 15) is 14.4 Å². The number of piperidine rings is 1. The molecular formula is C16H19N3O4. The molecule has 1 aromatic rings. The lowest BCUT2D eigenvalue weighted by Crippen LogP contribution is -2.52. The number of hydrogen-bond acceptors (Lipinski definition) is 5. The number of rotatable bonds is 2. The summed E-state index contributed by atoms with van der Waals surface area (Å²) in [6.07, 6.45) is 4.89. The number of anilines is 1. The minimum absolute atomic E-state index is 0.0749. The molecule has 0 unspecified atom stereocenters. The summed E-state index contributed by atoms with van der Waals surface area (Å²) >= 11 is 0. The van der Waals surface area contributed by atoms with E-state index < -0.39 is 17.8 Å². The molecule has 122 valence electrons. The third-order valence-electron chi connectivity index (χ3n) is 4.21. The third-order valence-corrected chi connectivity index (χ3v) is 4.21. The molecule has 2 aliphatic heterocycles. The molecule has 4 amide bonds. The summed E-state index contributed by atoms with van der Waals surface area (Å²) in [6, 6.07) is 2.94. The molecule has 0 aromatic carbocycles. The smallest absolute Gasteiger partial charge is 0.333 e. The van der Waals surface area contributed by atoms with E-state index in [2.05, 4.69) is 4.90 Å². The van der Waals surface area contributed by atoms with Crippen LogP contribution in [0.2, 0.25) is 0 Å². The molecule has 7 heteroatoms. The van der Waals surface area contributed by atoms with Gasteiger partial charge in [0.25, 0.3) is 11.8 Å². The van der Waals surface area contributed by atoms with E-state index in [0.29, 0.717) is 5.76 Å². The van der Waals surface area contributed by atoms with Crippen molar-refractivity contribution in [1.82, 2.24) is 9.80 Å². The van der Waals surface area contributed by atoms with Crippen LogP contribution < -0.4 is 4.90 Å². The van der Waals surface area contributed by atoms with E-state index in [0.717, 1.165) is 41.6 Å². The Hall–Kier alpha value is -2.57. The third kappa shape index (κ3) is 2.74. The lowest BCUT2D eigenvalue weighted by Gasteiger charge is -2.28. The van der Waals surface area contributed by atoms with E-state index >= 15 is 0 Å². The molecule has 0 spiro atoms. The summed E-state index contributed by atoms with van der Waals surface area (Å²) in [5.41, 5.74) is -0.0749. The minimum Gasteiger partial charge on any atom is -0.441 e. The van der Waals surface area contributed by atoms with Crippen LogP contribution in [0.25, 0.3) is 6.08 Å². The Morgan fingerprint density at radius 2 is 1.57 bits per heavy atom. The molecule has 2 fully saturated rings. The van der Waals surface area contributed by atoms with Crippen molar-refractivity contribution in [2.24, 2.45) is 0 Å². The summed E-state index contributed by atoms with van der Waals surface area (Å²) in [6.45, 7) is 1.89. The predicted molar refractivity (Wildman–Crippen MR) is 83.7 cm³/mol. The Balaban J connectivity index is 1.85. The van der Waals surface area contributed by atoms with E-state index in [1.807, 2.05) is 6.07 Å². The van der Waals surface area contributed by atoms with E-state index in [-0.39, 0.29) is 5.57 Å². The molecule has 0 atom stereocenters. The summed E-state index contributed by atoms with van der Waals surface area (Å²) in [4.78, 5) is 40.0. The Bertz CT molecular complexity index is 659. The van der Waals surface area contributed by atoms with E-state index in [4.69, 9.17) is 4.42 Å². The molecule has 2 aliphatic rings. The van der Waals surface area contributed by atoms with Gasteiger partial charge in [-0.2, -0.15) is 0 Å². The number of barbiturate groups is 1. The van der Waals surface area contributed by atoms with Gasteiger partial charge in [0, 0.05) is 33.3 Å². The zero-order valence-electron chi connectivity index (χ0n) is 13.2. The van der Waals surface area contributed by atoms with Crippen molar-refractivity contribution in [3.05, 3.63) is 23.5 Å². The number of urea groups is 1. The number of imide groups is 2. The molecule has 23 heavy (non-hydrogen) atoms. The van der Waals surface area contributed by atoms with Gasteiger partial charge in [0.15, 0.2) is 5.88 Å². The standard InChI is InChI=1S/C16H19N3O4/c1-17-14(20)12(15(21)18(2)16(17)22)10-11-6-7-13(23-11)19-8-4-3-5-9-19/h6-7,10H,3-5,8-9H2,1-2H3. The van der Waals surface area contributed by atoms with Crippen molar-refractivity contribution in [3.8, 4) is 0 Å². The van der Waals surface area contributed by atoms with Gasteiger partial charge in [-0.1, -0.05) is 0 Å². The maximum atomic E-state index is 12.1. The lowest BCUT2D eigenvalue weighted by atomic mass is 10.1. The topological polar surface area (TPSA) is 74.1 Å². The van der Waals surface area contributed by atoms with Gasteiger partial charge in [-0.25, -0.2) is 4.79 Å². The first-order valence-electron chi connectivity index (χ1n) is 7.65. The molecule has 0 aliphatic carbocycles. The van der Waals surface area contributed by atoms with Gasteiger partial charge in [-0.15, -0.1) is 0 Å². The fourth-order valence-corrected chi connectivity index (χ4v) is 2.82. The molecule has 0 bridgehead atoms. The lowest BCUT2D eigenvalue weighted by molar-refractivity contribution is -0.134. The van der Waals surface area contributed by atoms with Crippen molar-refractivity contribution < 1.29 is 18.8 Å². The van der Waals surface area contributed by atoms with Crippen LogP contribution in [0.4, 0.5) is 10.7 Å². The highest BCUT2D eigenvalue weighted by Gasteiger charge is 2.38. The van der Waals surface area contributed by atoms with Crippen LogP contribution in [0.3, 0.4) is 0 Å². The Morgan fingerprint density at radius 1 is 0.957 bits per heavy atom. The molecule has 7 nitrogen and oxygen atoms in total. The SMILES string of the molecule is CN1C(=O)C(=Cc2ccc(N3CCCCC3)o2)C(=O)N(C)C1=O. The quantitative estimate of drug-likeness (QED) is 0.613. The highest BCUT2D eigenvalue weighted by atomic mass is 16.4. The first-order chi connectivity index (χ1) is 11.0. The second kappa shape index (κ2) is 5.91. The Morgan fingerprint density at radius 3 is 2.17 bits per heavy atom. The van der Waals surface area contributed by atoms with Crippen molar-refractivity contribution in [1.29, 1.82) is 0 Å². The molecule has 2 saturated heterocycles. The van der Waals surface area contributed by atoms with Crippen LogP contribution in [0.5, 0.6) is 0 Å². The van der Waals surface area contributed by atoms with Gasteiger partial charge in [0.2, 0.25) is 0 Å². The van der Waals surface area contributed by atoms with Gasteiger partial charge in [0.1, 0.15) is 11.3 Å². The molecule has 0 N–H and O–H groups in total. The zero-order chi connectivity index (χ0) is 16.6. The van der Waals surface area contributed by atoms with Gasteiger partial charge in [-0.05, 0) is 31.4 Å². The van der Waals surface area contributed by atoms with Crippen molar-refractivity contribution in [3.63, 3.8) is 0 Å². The fourth-order valence-electron chi connectivity index (χ4n) is 2.82. The molecule has 0 radical (unpaired) electrons. The number of amides is 4. The number of carbonyl (C=O) groups is 3. The van der Waals surface area contributed by atoms with E-state index in [1.54, 1.807) is 6.07 Å². The average molecular weight is 317 g/mol. The molecule has 0 saturated carbocycles. The number of carbonyl (C=O) groups excluding carboxylic acids is 3. The molecule has 3 rings (SSSR count). The number of likely N-dealkylation sites (N-methyl/N-ethyl adjacent to an activating group) is 2. The van der Waals surface area contributed by atoms with E-state index in [1.165, 1.54) is 26.6 Å². The monoisotopic (exact) mass is 317 g/mol. The number of nitrogens with zero attached hydrogens (tertiary/aromatic N) is 3. The van der Waals surface area contributed by atoms with Gasteiger partial charge < -0.3 is 9.32 Å². The maximum absolute atomic E-state index is 12.1. The summed E-state index contributed by atoms with van der Waals surface area (Å²) in [5.74, 6) is -0.0634. The Labute approximate surface area is 134 Å². The maximum Gasteiger partial charge on any atom is 0.333 e. The van der Waals surface area contributed by atoms with Gasteiger partial charge in [-0.3, -0.25) is 19.4 Å². The normalized spacial score (nSPS) is 19.7. The zero-order valence-corrected chi connectivity index (χ0v) is 13.2. The summed E-state index contributed by atoms with van der Waals surface area (Å²) in [5, 5.41) is 0. The number of hydrogen-bond donors (Lipinski definition) is 0. The van der Waals surface area contributed by atoms with Crippen LogP contribution in [0.1, 0.15) is 25.0 Å². The Kier molecular flexibility index (Phi) is 3.94. The minimum atomic E-state index is -0.634. The highest BCUT2D eigenvalue weighted by molar-refractivity contribution is 6.30. The largest absolute Gasteiger partial charge is 0.441 e. The first-order valence-corrected chi connectivity index (χ1v) is 7.65. The average Bonchev–Trinajstić information content (AvgIpc) is 3.05. The van der Waals surface area contributed by atoms with Crippen molar-refractivity contribution >= 4 is 29.8 Å². The predicted octanol–water partition coefficient (Wildman–Crippen LogP) is 1.70. The molecule has 3 heterocycles. The first kappa shape index (κ1) is 15.3. The number of furan rings is 1. The van der Waals surface area contributed by atoms with Crippen molar-refractivity contribution in [2.75, 3.05) is 32.1 Å². The molecule has 1 aromatic heterocycles. The molecular weight excluding hydrogens is 298 g/mol. The fraction of sp³-hybridized carbons (Fsp3) is 0.438. The summed E-state index contributed by atoms with van der Waals surface area (Å²) in [7, 11) is 2.70. The second-order valence-corrected chi connectivity index (χ2v) is 5.79. The second-order valence-electron chi connectivity index (χ2n) is 5.79. The van der Waals surface area contributed by atoms with Crippen LogP contribution in [-0.2, 0) is 9.59 Å².